The Hall–Kier alpha value is -2.69. The van der Waals surface area contributed by atoms with E-state index in [1.165, 1.54) is 0 Å². The summed E-state index contributed by atoms with van der Waals surface area (Å²) in [4.78, 5) is 6.90. The second kappa shape index (κ2) is 6.31. The fraction of sp³-hybridized carbons (Fsp3) is 0.350. The monoisotopic (exact) mass is 335 g/mol. The number of benzene rings is 1. The molecule has 0 spiro atoms. The van der Waals surface area contributed by atoms with Crippen molar-refractivity contribution >= 4 is 22.8 Å². The number of aryl methyl sites for hydroxylation is 1. The predicted octanol–water partition coefficient (Wildman–Crippen LogP) is 5.42. The first-order chi connectivity index (χ1) is 11.8. The molecular formula is C20H25N5. The van der Waals surface area contributed by atoms with E-state index in [1.807, 2.05) is 55.0 Å². The van der Waals surface area contributed by atoms with Gasteiger partial charge in [-0.25, -0.2) is 4.98 Å². The van der Waals surface area contributed by atoms with Crippen LogP contribution >= 0.6 is 0 Å². The van der Waals surface area contributed by atoms with Gasteiger partial charge in [-0.1, -0.05) is 26.8 Å². The molecule has 0 radical (unpaired) electrons. The summed E-state index contributed by atoms with van der Waals surface area (Å²) >= 11 is 0. The molecule has 1 aromatic carbocycles. The largest absolute Gasteiger partial charge is 0.378 e. The zero-order valence-corrected chi connectivity index (χ0v) is 15.8. The maximum absolute atomic E-state index is 4.84. The van der Waals surface area contributed by atoms with Crippen LogP contribution in [0.3, 0.4) is 0 Å². The molecule has 0 atom stereocenters. The first-order valence-corrected chi connectivity index (χ1v) is 8.44. The number of azo groups is 1. The van der Waals surface area contributed by atoms with Gasteiger partial charge in [-0.2, -0.15) is 0 Å². The van der Waals surface area contributed by atoms with Crippen molar-refractivity contribution in [3.8, 4) is 0 Å². The second-order valence-electron chi connectivity index (χ2n) is 7.53. The summed E-state index contributed by atoms with van der Waals surface area (Å²) in [6.45, 7) is 8.51. The highest BCUT2D eigenvalue weighted by molar-refractivity contribution is 5.58. The summed E-state index contributed by atoms with van der Waals surface area (Å²) in [6, 6.07) is 12.1. The molecular weight excluding hydrogens is 310 g/mol. The summed E-state index contributed by atoms with van der Waals surface area (Å²) in [5, 5.41) is 9.01. The zero-order chi connectivity index (χ0) is 18.2. The Balaban J connectivity index is 2.06. The van der Waals surface area contributed by atoms with Crippen LogP contribution in [0.25, 0.3) is 5.65 Å². The molecule has 25 heavy (non-hydrogen) atoms. The summed E-state index contributed by atoms with van der Waals surface area (Å²) in [7, 11) is 4.04. The van der Waals surface area contributed by atoms with Crippen molar-refractivity contribution in [2.24, 2.45) is 10.2 Å². The molecule has 5 heteroatoms. The number of rotatable bonds is 3. The fourth-order valence-corrected chi connectivity index (χ4v) is 2.71. The maximum atomic E-state index is 4.84. The molecule has 130 valence electrons. The molecule has 0 aliphatic rings. The molecule has 0 bridgehead atoms. The number of hydrogen-bond acceptors (Lipinski definition) is 4. The Labute approximate surface area is 149 Å². The summed E-state index contributed by atoms with van der Waals surface area (Å²) in [5.74, 6) is 0.794. The van der Waals surface area contributed by atoms with Crippen LogP contribution in [-0.2, 0) is 5.41 Å². The van der Waals surface area contributed by atoms with Crippen LogP contribution in [0.5, 0.6) is 0 Å². The topological polar surface area (TPSA) is 45.3 Å². The Morgan fingerprint density at radius 2 is 1.68 bits per heavy atom. The SMILES string of the molecule is Cc1cccn2c(N=Nc3ccc(N(C)C)cc3)c(C(C)(C)C)nc12. The summed E-state index contributed by atoms with van der Waals surface area (Å²) in [5.41, 5.74) is 4.87. The van der Waals surface area contributed by atoms with Crippen molar-refractivity contribution in [1.82, 2.24) is 9.38 Å². The molecule has 0 N–H and O–H groups in total. The van der Waals surface area contributed by atoms with E-state index in [9.17, 15) is 0 Å². The lowest BCUT2D eigenvalue weighted by atomic mass is 9.92. The Bertz CT molecular complexity index is 912. The van der Waals surface area contributed by atoms with E-state index in [-0.39, 0.29) is 5.41 Å². The number of aromatic nitrogens is 2. The molecule has 3 aromatic rings. The molecule has 2 aromatic heterocycles. The molecule has 0 unspecified atom stereocenters. The summed E-state index contributed by atoms with van der Waals surface area (Å²) < 4.78 is 2.02. The lowest BCUT2D eigenvalue weighted by Gasteiger charge is -2.15. The smallest absolute Gasteiger partial charge is 0.183 e. The van der Waals surface area contributed by atoms with E-state index in [0.29, 0.717) is 0 Å². The van der Waals surface area contributed by atoms with E-state index < -0.39 is 0 Å². The van der Waals surface area contributed by atoms with Crippen LogP contribution in [0.15, 0.2) is 52.8 Å². The minimum absolute atomic E-state index is 0.110. The Morgan fingerprint density at radius 3 is 2.28 bits per heavy atom. The third-order valence-electron chi connectivity index (χ3n) is 4.16. The van der Waals surface area contributed by atoms with Crippen LogP contribution in [0, 0.1) is 6.92 Å². The van der Waals surface area contributed by atoms with Crippen LogP contribution < -0.4 is 4.90 Å². The minimum atomic E-state index is -0.110. The first kappa shape index (κ1) is 17.1. The molecule has 0 fully saturated rings. The third kappa shape index (κ3) is 3.40. The number of pyridine rings is 1. The number of nitrogens with zero attached hydrogens (tertiary/aromatic N) is 5. The average molecular weight is 335 g/mol. The van der Waals surface area contributed by atoms with E-state index in [2.05, 4.69) is 48.9 Å². The normalized spacial score (nSPS) is 12.2. The molecule has 2 heterocycles. The fourth-order valence-electron chi connectivity index (χ4n) is 2.71. The van der Waals surface area contributed by atoms with E-state index in [4.69, 9.17) is 4.98 Å². The van der Waals surface area contributed by atoms with E-state index in [1.54, 1.807) is 0 Å². The van der Waals surface area contributed by atoms with E-state index in [0.717, 1.165) is 34.1 Å². The highest BCUT2D eigenvalue weighted by atomic mass is 15.2. The number of anilines is 1. The predicted molar refractivity (Wildman–Crippen MR) is 104 cm³/mol. The molecule has 0 saturated heterocycles. The maximum Gasteiger partial charge on any atom is 0.183 e. The van der Waals surface area contributed by atoms with Crippen molar-refractivity contribution in [3.05, 3.63) is 53.9 Å². The number of imidazole rings is 1. The Kier molecular flexibility index (Phi) is 4.33. The second-order valence-corrected chi connectivity index (χ2v) is 7.53. The van der Waals surface area contributed by atoms with Gasteiger partial charge in [0.25, 0.3) is 0 Å². The van der Waals surface area contributed by atoms with Gasteiger partial charge in [0.1, 0.15) is 5.65 Å². The highest BCUT2D eigenvalue weighted by Gasteiger charge is 2.24. The molecule has 0 amide bonds. The molecule has 0 aliphatic carbocycles. The van der Waals surface area contributed by atoms with Gasteiger partial charge in [-0.15, -0.1) is 10.2 Å². The molecule has 5 nitrogen and oxygen atoms in total. The summed E-state index contributed by atoms with van der Waals surface area (Å²) in [6.07, 6.45) is 1.99. The lowest BCUT2D eigenvalue weighted by molar-refractivity contribution is 0.573. The number of hydrogen-bond donors (Lipinski definition) is 0. The van der Waals surface area contributed by atoms with Crippen LogP contribution in [0.1, 0.15) is 32.0 Å². The third-order valence-corrected chi connectivity index (χ3v) is 4.16. The van der Waals surface area contributed by atoms with Crippen molar-refractivity contribution in [2.75, 3.05) is 19.0 Å². The van der Waals surface area contributed by atoms with Gasteiger partial charge in [-0.05, 0) is 42.8 Å². The van der Waals surface area contributed by atoms with Gasteiger partial charge in [0.05, 0.1) is 11.4 Å². The van der Waals surface area contributed by atoms with Crippen molar-refractivity contribution in [3.63, 3.8) is 0 Å². The van der Waals surface area contributed by atoms with Crippen LogP contribution in [-0.4, -0.2) is 23.5 Å². The van der Waals surface area contributed by atoms with Crippen molar-refractivity contribution in [2.45, 2.75) is 33.1 Å². The average Bonchev–Trinajstić information content (AvgIpc) is 2.94. The van der Waals surface area contributed by atoms with Crippen LogP contribution in [0.4, 0.5) is 17.2 Å². The minimum Gasteiger partial charge on any atom is -0.378 e. The zero-order valence-electron chi connectivity index (χ0n) is 15.8. The first-order valence-electron chi connectivity index (χ1n) is 8.44. The van der Waals surface area contributed by atoms with Crippen molar-refractivity contribution in [1.29, 1.82) is 0 Å². The van der Waals surface area contributed by atoms with Crippen molar-refractivity contribution < 1.29 is 0 Å². The quantitative estimate of drug-likeness (QED) is 0.600. The molecule has 3 rings (SSSR count). The standard InChI is InChI=1S/C20H25N5/c1-14-8-7-13-25-18(14)21-17(20(2,3)4)19(25)23-22-15-9-11-16(12-10-15)24(5)6/h7-13H,1-6H3. The van der Waals surface area contributed by atoms with Gasteiger partial charge in [0.2, 0.25) is 0 Å². The van der Waals surface area contributed by atoms with Crippen LogP contribution in [0.2, 0.25) is 0 Å². The highest BCUT2D eigenvalue weighted by Crippen LogP contribution is 2.33. The van der Waals surface area contributed by atoms with Gasteiger partial charge in [0, 0.05) is 31.4 Å². The lowest BCUT2D eigenvalue weighted by Crippen LogP contribution is -2.11. The molecule has 0 saturated carbocycles. The number of fused-ring (bicyclic) bond motifs is 1. The van der Waals surface area contributed by atoms with Gasteiger partial charge in [-0.3, -0.25) is 4.40 Å². The van der Waals surface area contributed by atoms with Gasteiger partial charge in [0.15, 0.2) is 5.82 Å². The molecule has 0 aliphatic heterocycles. The Morgan fingerprint density at radius 1 is 1.00 bits per heavy atom. The van der Waals surface area contributed by atoms with Gasteiger partial charge >= 0.3 is 0 Å². The van der Waals surface area contributed by atoms with Gasteiger partial charge < -0.3 is 4.90 Å². The van der Waals surface area contributed by atoms with E-state index >= 15 is 0 Å².